The average Bonchev–Trinajstić information content (AvgIpc) is 3.39. The summed E-state index contributed by atoms with van der Waals surface area (Å²) in [5.41, 5.74) is 14.9. The molecule has 0 aliphatic carbocycles. The molecule has 2 aromatic heterocycles. The van der Waals surface area contributed by atoms with Gasteiger partial charge in [0.1, 0.15) is 17.5 Å². The number of para-hydroxylation sites is 1. The van der Waals surface area contributed by atoms with Gasteiger partial charge >= 0.3 is 0 Å². The molecule has 0 radical (unpaired) electrons. The van der Waals surface area contributed by atoms with Crippen molar-refractivity contribution in [2.45, 2.75) is 25.8 Å². The topological polar surface area (TPSA) is 105 Å². The van der Waals surface area contributed by atoms with Crippen LogP contribution in [0, 0.1) is 11.3 Å². The molecule has 0 aliphatic rings. The molecule has 8 heteroatoms. The SMILES string of the molecule is N#Cc1c(-c2ccccc2)c(-c2ccccc2)n(CCCCc2ccccc2NC(=S)Nc2ccc(-c3ccccc3)nn2)c1N. The van der Waals surface area contributed by atoms with Crippen LogP contribution in [0.2, 0.25) is 0 Å². The van der Waals surface area contributed by atoms with E-state index in [1.165, 1.54) is 0 Å². The van der Waals surface area contributed by atoms with Gasteiger partial charge in [-0.3, -0.25) is 0 Å². The molecule has 4 N–H and O–H groups in total. The highest BCUT2D eigenvalue weighted by Crippen LogP contribution is 2.40. The molecule has 0 atom stereocenters. The van der Waals surface area contributed by atoms with E-state index < -0.39 is 0 Å². The van der Waals surface area contributed by atoms with Gasteiger partial charge in [0, 0.05) is 23.4 Å². The molecule has 0 saturated carbocycles. The third-order valence-electron chi connectivity index (χ3n) is 7.84. The molecule has 0 aliphatic heterocycles. The summed E-state index contributed by atoms with van der Waals surface area (Å²) in [5.74, 6) is 1.07. The molecule has 46 heavy (non-hydrogen) atoms. The van der Waals surface area contributed by atoms with Gasteiger partial charge in [0.25, 0.3) is 0 Å². The van der Waals surface area contributed by atoms with Gasteiger partial charge in [-0.15, -0.1) is 10.2 Å². The van der Waals surface area contributed by atoms with Crippen LogP contribution in [0.4, 0.5) is 17.3 Å². The number of rotatable bonds is 10. The van der Waals surface area contributed by atoms with Gasteiger partial charge in [-0.1, -0.05) is 109 Å². The van der Waals surface area contributed by atoms with Crippen LogP contribution < -0.4 is 16.4 Å². The number of hydrogen-bond acceptors (Lipinski definition) is 5. The molecule has 0 unspecified atom stereocenters. The monoisotopic (exact) mass is 619 g/mol. The summed E-state index contributed by atoms with van der Waals surface area (Å²) in [5, 5.41) is 25.7. The summed E-state index contributed by atoms with van der Waals surface area (Å²) in [6.07, 6.45) is 2.63. The van der Waals surface area contributed by atoms with E-state index in [-0.39, 0.29) is 0 Å². The fourth-order valence-corrected chi connectivity index (χ4v) is 5.86. The first-order valence-corrected chi connectivity index (χ1v) is 15.6. The summed E-state index contributed by atoms with van der Waals surface area (Å²) < 4.78 is 2.10. The maximum atomic E-state index is 10.1. The van der Waals surface area contributed by atoms with Gasteiger partial charge in [0.05, 0.1) is 11.4 Å². The number of thiocarbonyl (C=S) groups is 1. The fourth-order valence-electron chi connectivity index (χ4n) is 5.64. The Morgan fingerprint density at radius 3 is 2.00 bits per heavy atom. The normalized spacial score (nSPS) is 10.7. The van der Waals surface area contributed by atoms with Crippen molar-refractivity contribution in [3.05, 3.63) is 139 Å². The van der Waals surface area contributed by atoms with Gasteiger partial charge < -0.3 is 20.9 Å². The van der Waals surface area contributed by atoms with Gasteiger partial charge in [0.2, 0.25) is 0 Å². The number of unbranched alkanes of at least 4 members (excludes halogenated alkanes) is 1. The molecular formula is C38H33N7S. The molecule has 4 aromatic carbocycles. The van der Waals surface area contributed by atoms with Crippen LogP contribution in [-0.2, 0) is 13.0 Å². The van der Waals surface area contributed by atoms with Gasteiger partial charge in [-0.2, -0.15) is 5.26 Å². The predicted molar refractivity (Wildman–Crippen MR) is 191 cm³/mol. The van der Waals surface area contributed by atoms with Crippen molar-refractivity contribution in [1.82, 2.24) is 14.8 Å². The second-order valence-corrected chi connectivity index (χ2v) is 11.3. The smallest absolute Gasteiger partial charge is 0.176 e. The third kappa shape index (κ3) is 6.80. The highest BCUT2D eigenvalue weighted by Gasteiger charge is 2.23. The molecule has 6 rings (SSSR count). The largest absolute Gasteiger partial charge is 0.384 e. The first-order valence-electron chi connectivity index (χ1n) is 15.2. The van der Waals surface area contributed by atoms with Crippen LogP contribution in [0.5, 0.6) is 0 Å². The number of aromatic nitrogens is 3. The molecule has 2 heterocycles. The van der Waals surface area contributed by atoms with Crippen LogP contribution in [-0.4, -0.2) is 19.9 Å². The lowest BCUT2D eigenvalue weighted by molar-refractivity contribution is 0.621. The second kappa shape index (κ2) is 14.3. The quantitative estimate of drug-likeness (QED) is 0.104. The standard InChI is InChI=1S/C38H33N7S/c39-26-31-35(29-18-6-2-7-19-29)36(30-20-8-3-9-21-30)45(37(31)40)25-13-12-17-27-16-10-11-22-32(27)41-38(46)42-34-24-23-33(43-44-34)28-14-4-1-5-15-28/h1-11,14-16,18-24H,12-13,17,25,40H2,(H2,41,42,44,46). The van der Waals surface area contributed by atoms with Crippen LogP contribution in [0.3, 0.4) is 0 Å². The zero-order valence-corrected chi connectivity index (χ0v) is 26.0. The minimum absolute atomic E-state index is 0.444. The van der Waals surface area contributed by atoms with Crippen molar-refractivity contribution in [3.8, 4) is 39.7 Å². The molecule has 0 fully saturated rings. The van der Waals surface area contributed by atoms with Crippen molar-refractivity contribution in [3.63, 3.8) is 0 Å². The lowest BCUT2D eigenvalue weighted by Crippen LogP contribution is -2.20. The Kier molecular flexibility index (Phi) is 9.43. The number of nitrogens with one attached hydrogen (secondary N) is 2. The minimum Gasteiger partial charge on any atom is -0.384 e. The van der Waals surface area contributed by atoms with E-state index in [2.05, 4.69) is 49.7 Å². The molecule has 0 amide bonds. The van der Waals surface area contributed by atoms with Gasteiger partial charge in [-0.25, -0.2) is 0 Å². The maximum Gasteiger partial charge on any atom is 0.176 e. The van der Waals surface area contributed by atoms with Crippen LogP contribution >= 0.6 is 12.2 Å². The molecule has 0 spiro atoms. The van der Waals surface area contributed by atoms with Crippen molar-refractivity contribution in [2.75, 3.05) is 16.4 Å². The number of nitrogens with zero attached hydrogens (tertiary/aromatic N) is 4. The minimum atomic E-state index is 0.444. The molecule has 226 valence electrons. The highest BCUT2D eigenvalue weighted by atomic mass is 32.1. The number of nitrogens with two attached hydrogens (primary N) is 1. The number of benzene rings is 4. The van der Waals surface area contributed by atoms with Gasteiger partial charge in [-0.05, 0) is 66.4 Å². The first-order chi connectivity index (χ1) is 22.6. The lowest BCUT2D eigenvalue weighted by atomic mass is 9.98. The van der Waals surface area contributed by atoms with E-state index in [0.29, 0.717) is 28.9 Å². The molecule has 6 aromatic rings. The van der Waals surface area contributed by atoms with E-state index in [0.717, 1.165) is 64.2 Å². The fraction of sp³-hybridized carbons (Fsp3) is 0.105. The second-order valence-electron chi connectivity index (χ2n) is 10.8. The molecular weight excluding hydrogens is 587 g/mol. The third-order valence-corrected chi connectivity index (χ3v) is 8.05. The number of aryl methyl sites for hydroxylation is 1. The van der Waals surface area contributed by atoms with E-state index in [1.807, 2.05) is 109 Å². The zero-order valence-electron chi connectivity index (χ0n) is 25.2. The average molecular weight is 620 g/mol. The van der Waals surface area contributed by atoms with E-state index in [9.17, 15) is 5.26 Å². The van der Waals surface area contributed by atoms with E-state index >= 15 is 0 Å². The Hall–Kier alpha value is -5.78. The summed E-state index contributed by atoms with van der Waals surface area (Å²) in [4.78, 5) is 0. The first kappa shape index (κ1) is 30.3. The summed E-state index contributed by atoms with van der Waals surface area (Å²) in [6, 6.07) is 44.4. The van der Waals surface area contributed by atoms with Crippen molar-refractivity contribution < 1.29 is 0 Å². The van der Waals surface area contributed by atoms with Crippen molar-refractivity contribution in [2.24, 2.45) is 0 Å². The highest BCUT2D eigenvalue weighted by molar-refractivity contribution is 7.80. The molecule has 7 nitrogen and oxygen atoms in total. The molecule has 0 bridgehead atoms. The lowest BCUT2D eigenvalue weighted by Gasteiger charge is -2.15. The number of anilines is 3. The van der Waals surface area contributed by atoms with Crippen molar-refractivity contribution >= 4 is 34.7 Å². The van der Waals surface area contributed by atoms with E-state index in [4.69, 9.17) is 18.0 Å². The summed E-state index contributed by atoms with van der Waals surface area (Å²) >= 11 is 5.61. The predicted octanol–water partition coefficient (Wildman–Crippen LogP) is 8.56. The Morgan fingerprint density at radius 2 is 1.35 bits per heavy atom. The number of nitrogen functional groups attached to an aromatic ring is 1. The Morgan fingerprint density at radius 1 is 0.717 bits per heavy atom. The van der Waals surface area contributed by atoms with Crippen LogP contribution in [0.1, 0.15) is 24.0 Å². The Balaban J connectivity index is 1.13. The van der Waals surface area contributed by atoms with Crippen LogP contribution in [0.25, 0.3) is 33.6 Å². The van der Waals surface area contributed by atoms with Crippen molar-refractivity contribution in [1.29, 1.82) is 5.26 Å². The Bertz CT molecular complexity index is 1960. The molecule has 0 saturated heterocycles. The Labute approximate surface area is 274 Å². The summed E-state index contributed by atoms with van der Waals surface area (Å²) in [6.45, 7) is 0.685. The summed E-state index contributed by atoms with van der Waals surface area (Å²) in [7, 11) is 0. The maximum absolute atomic E-state index is 10.1. The van der Waals surface area contributed by atoms with Crippen LogP contribution in [0.15, 0.2) is 127 Å². The number of nitriles is 1. The zero-order chi connectivity index (χ0) is 31.7. The number of hydrogen-bond donors (Lipinski definition) is 3. The van der Waals surface area contributed by atoms with Gasteiger partial charge in [0.15, 0.2) is 10.9 Å². The van der Waals surface area contributed by atoms with E-state index in [1.54, 1.807) is 0 Å².